The average molecular weight is 551 g/mol. The molecule has 0 saturated heterocycles. The standard InChI is InChI=1S/C17H30N8O9.C2H4O2/c18-5-11(27)23-8(2-1-3-21-17(19)20)14(31)22-6-12(28)24-9(4-13(29)30)15(32)25-10(7-26)16(33)34;1-2(3)4/h8-10,26H,1-7,18H2,(H,22,31)(H,23,27)(H,24,28)(H,25,32)(H,29,30)(H,33,34)(H4,19,20,21);1H3,(H,3,4)/t8-,9-,10-;/m0./s1. The van der Waals surface area contributed by atoms with Crippen molar-refractivity contribution in [2.24, 2.45) is 22.2 Å². The maximum absolute atomic E-state index is 12.4. The largest absolute Gasteiger partial charge is 0.481 e. The Hall–Kier alpha value is -4.52. The predicted molar refractivity (Wildman–Crippen MR) is 128 cm³/mol. The van der Waals surface area contributed by atoms with E-state index >= 15 is 0 Å². The van der Waals surface area contributed by atoms with E-state index in [0.29, 0.717) is 6.42 Å². The summed E-state index contributed by atoms with van der Waals surface area (Å²) < 4.78 is 0. The predicted octanol–water partition coefficient (Wildman–Crippen LogP) is -5.79. The number of aliphatic carboxylic acids is 3. The number of carboxylic acids is 3. The maximum atomic E-state index is 12.4. The molecule has 4 amide bonds. The minimum atomic E-state index is -1.72. The molecule has 0 bridgehead atoms. The first-order chi connectivity index (χ1) is 17.6. The summed E-state index contributed by atoms with van der Waals surface area (Å²) in [5.41, 5.74) is 15.6. The molecule has 216 valence electrons. The smallest absolute Gasteiger partial charge is 0.328 e. The number of aliphatic imine (C=N–C) groups is 1. The Morgan fingerprint density at radius 2 is 1.39 bits per heavy atom. The fraction of sp³-hybridized carbons (Fsp3) is 0.579. The van der Waals surface area contributed by atoms with Gasteiger partial charge in [-0.05, 0) is 12.8 Å². The molecule has 0 unspecified atom stereocenters. The summed E-state index contributed by atoms with van der Waals surface area (Å²) in [6.07, 6.45) is -0.509. The third-order valence-electron chi connectivity index (χ3n) is 4.03. The van der Waals surface area contributed by atoms with E-state index in [0.717, 1.165) is 6.92 Å². The van der Waals surface area contributed by atoms with Crippen LogP contribution >= 0.6 is 0 Å². The van der Waals surface area contributed by atoms with E-state index in [1.54, 1.807) is 0 Å². The third kappa shape index (κ3) is 18.8. The molecular weight excluding hydrogens is 516 g/mol. The summed E-state index contributed by atoms with van der Waals surface area (Å²) in [7, 11) is 0. The lowest BCUT2D eigenvalue weighted by Crippen LogP contribution is -2.55. The topological polar surface area (TPSA) is 339 Å². The molecule has 0 aromatic carbocycles. The van der Waals surface area contributed by atoms with Crippen LogP contribution in [-0.4, -0.2) is 112 Å². The van der Waals surface area contributed by atoms with Crippen LogP contribution in [0.3, 0.4) is 0 Å². The zero-order valence-corrected chi connectivity index (χ0v) is 20.5. The van der Waals surface area contributed by atoms with Crippen molar-refractivity contribution in [3.8, 4) is 0 Å². The molecule has 14 N–H and O–H groups in total. The number of guanidine groups is 1. The van der Waals surface area contributed by atoms with Gasteiger partial charge in [0.05, 0.1) is 26.1 Å². The highest BCUT2D eigenvalue weighted by Crippen LogP contribution is 1.99. The van der Waals surface area contributed by atoms with E-state index in [2.05, 4.69) is 20.9 Å². The molecule has 0 aliphatic carbocycles. The second-order valence-corrected chi connectivity index (χ2v) is 7.31. The van der Waals surface area contributed by atoms with Crippen molar-refractivity contribution < 1.29 is 54.0 Å². The molecule has 0 aromatic rings. The van der Waals surface area contributed by atoms with E-state index in [1.807, 2.05) is 5.32 Å². The lowest BCUT2D eigenvalue weighted by molar-refractivity contribution is -0.144. The monoisotopic (exact) mass is 550 g/mol. The molecule has 0 rings (SSSR count). The highest BCUT2D eigenvalue weighted by atomic mass is 16.4. The average Bonchev–Trinajstić information content (AvgIpc) is 2.80. The molecule has 19 nitrogen and oxygen atoms in total. The van der Waals surface area contributed by atoms with E-state index in [1.165, 1.54) is 0 Å². The zero-order valence-electron chi connectivity index (χ0n) is 20.5. The molecule has 38 heavy (non-hydrogen) atoms. The number of hydrogen-bond acceptors (Lipinski definition) is 10. The van der Waals surface area contributed by atoms with Crippen molar-refractivity contribution in [3.63, 3.8) is 0 Å². The van der Waals surface area contributed by atoms with Gasteiger partial charge in [-0.25, -0.2) is 4.79 Å². The Morgan fingerprint density at radius 3 is 1.84 bits per heavy atom. The molecule has 0 fully saturated rings. The third-order valence-corrected chi connectivity index (χ3v) is 4.03. The van der Waals surface area contributed by atoms with Crippen LogP contribution in [0.4, 0.5) is 0 Å². The summed E-state index contributed by atoms with van der Waals surface area (Å²) in [4.78, 5) is 82.9. The Morgan fingerprint density at radius 1 is 0.842 bits per heavy atom. The Kier molecular flexibility index (Phi) is 18.4. The van der Waals surface area contributed by atoms with Gasteiger partial charge >= 0.3 is 11.9 Å². The number of aliphatic hydroxyl groups excluding tert-OH is 1. The number of nitrogens with one attached hydrogen (secondary N) is 4. The molecule has 19 heteroatoms. The van der Waals surface area contributed by atoms with Gasteiger partial charge in [0.15, 0.2) is 5.96 Å². The van der Waals surface area contributed by atoms with Crippen LogP contribution in [0.1, 0.15) is 26.2 Å². The molecule has 0 heterocycles. The number of carboxylic acid groups (broad SMARTS) is 3. The first-order valence-corrected chi connectivity index (χ1v) is 10.8. The summed E-state index contributed by atoms with van der Waals surface area (Å²) in [5, 5.41) is 42.7. The van der Waals surface area contributed by atoms with Crippen LogP contribution in [0.5, 0.6) is 0 Å². The van der Waals surface area contributed by atoms with Gasteiger partial charge in [0.2, 0.25) is 23.6 Å². The fourth-order valence-electron chi connectivity index (χ4n) is 2.40. The molecule has 0 aliphatic heterocycles. The quantitative estimate of drug-likeness (QED) is 0.0484. The van der Waals surface area contributed by atoms with E-state index < -0.39 is 85.8 Å². The summed E-state index contributed by atoms with van der Waals surface area (Å²) >= 11 is 0. The maximum Gasteiger partial charge on any atom is 0.328 e. The van der Waals surface area contributed by atoms with Gasteiger partial charge in [-0.1, -0.05) is 0 Å². The molecule has 0 aliphatic rings. The Bertz CT molecular complexity index is 873. The molecule has 0 saturated carbocycles. The first-order valence-electron chi connectivity index (χ1n) is 10.8. The molecule has 0 radical (unpaired) electrons. The van der Waals surface area contributed by atoms with Gasteiger partial charge in [0.1, 0.15) is 18.1 Å². The van der Waals surface area contributed by atoms with Crippen molar-refractivity contribution in [2.45, 2.75) is 44.3 Å². The number of nitrogens with two attached hydrogens (primary N) is 3. The van der Waals surface area contributed by atoms with Crippen molar-refractivity contribution >= 4 is 47.5 Å². The summed E-state index contributed by atoms with van der Waals surface area (Å²) in [6.45, 7) is -0.810. The summed E-state index contributed by atoms with van der Waals surface area (Å²) in [5.74, 6) is -7.60. The van der Waals surface area contributed by atoms with Crippen molar-refractivity contribution in [1.82, 2.24) is 21.3 Å². The SMILES string of the molecule is CC(=O)O.NCC(=O)N[C@@H](CCCN=C(N)N)C(=O)NCC(=O)N[C@@H](CC(=O)O)C(=O)N[C@@H](CO)C(=O)O. The second-order valence-electron chi connectivity index (χ2n) is 7.31. The van der Waals surface area contributed by atoms with Crippen LogP contribution in [0.2, 0.25) is 0 Å². The number of amides is 4. The Labute approximate surface area is 216 Å². The fourth-order valence-corrected chi connectivity index (χ4v) is 2.40. The van der Waals surface area contributed by atoms with Crippen LogP contribution in [0.15, 0.2) is 4.99 Å². The zero-order chi connectivity index (χ0) is 29.8. The van der Waals surface area contributed by atoms with E-state index in [-0.39, 0.29) is 18.9 Å². The number of carbonyl (C=O) groups is 7. The number of rotatable bonds is 16. The molecule has 0 aromatic heterocycles. The number of nitrogens with zero attached hydrogens (tertiary/aromatic N) is 1. The lowest BCUT2D eigenvalue weighted by atomic mass is 10.1. The van der Waals surface area contributed by atoms with Crippen molar-refractivity contribution in [2.75, 3.05) is 26.2 Å². The molecular formula is C19H34N8O11. The normalized spacial score (nSPS) is 12.2. The summed E-state index contributed by atoms with van der Waals surface area (Å²) in [6, 6.07) is -4.49. The molecule has 0 spiro atoms. The van der Waals surface area contributed by atoms with Gasteiger partial charge in [0, 0.05) is 13.5 Å². The second kappa shape index (κ2) is 19.6. The van der Waals surface area contributed by atoms with Gasteiger partial charge in [-0.15, -0.1) is 0 Å². The van der Waals surface area contributed by atoms with Crippen molar-refractivity contribution in [3.05, 3.63) is 0 Å². The highest BCUT2D eigenvalue weighted by molar-refractivity contribution is 5.95. The van der Waals surface area contributed by atoms with Gasteiger partial charge < -0.3 is 58.9 Å². The van der Waals surface area contributed by atoms with Gasteiger partial charge in [-0.2, -0.15) is 0 Å². The van der Waals surface area contributed by atoms with Crippen LogP contribution < -0.4 is 38.5 Å². The van der Waals surface area contributed by atoms with Gasteiger partial charge in [-0.3, -0.25) is 33.8 Å². The van der Waals surface area contributed by atoms with E-state index in [9.17, 15) is 28.8 Å². The Balaban J connectivity index is 0. The minimum Gasteiger partial charge on any atom is -0.481 e. The lowest BCUT2D eigenvalue weighted by Gasteiger charge is -2.20. The highest BCUT2D eigenvalue weighted by Gasteiger charge is 2.28. The molecule has 3 atom stereocenters. The number of carbonyl (C=O) groups excluding carboxylic acids is 4. The van der Waals surface area contributed by atoms with Crippen molar-refractivity contribution in [1.29, 1.82) is 0 Å². The minimum absolute atomic E-state index is 0.0950. The number of aliphatic hydroxyl groups is 1. The number of hydrogen-bond donors (Lipinski definition) is 11. The van der Waals surface area contributed by atoms with Crippen LogP contribution in [-0.2, 0) is 33.6 Å². The first kappa shape index (κ1) is 35.6. The van der Waals surface area contributed by atoms with E-state index in [4.69, 9.17) is 42.4 Å². The van der Waals surface area contributed by atoms with Crippen LogP contribution in [0, 0.1) is 0 Å². The van der Waals surface area contributed by atoms with Gasteiger partial charge in [0.25, 0.3) is 5.97 Å². The van der Waals surface area contributed by atoms with Crippen LogP contribution in [0.25, 0.3) is 0 Å².